The summed E-state index contributed by atoms with van der Waals surface area (Å²) < 4.78 is 1.28. The number of carbonyl (C=O) groups is 1. The number of rotatable bonds is 5. The van der Waals surface area contributed by atoms with E-state index in [1.165, 1.54) is 4.57 Å². The summed E-state index contributed by atoms with van der Waals surface area (Å²) in [7, 11) is 0. The second kappa shape index (κ2) is 6.52. The Bertz CT molecular complexity index is 862. The van der Waals surface area contributed by atoms with Gasteiger partial charge in [-0.1, -0.05) is 55.8 Å². The fourth-order valence-corrected chi connectivity index (χ4v) is 3.80. The van der Waals surface area contributed by atoms with Gasteiger partial charge in [0.05, 0.1) is 5.69 Å². The van der Waals surface area contributed by atoms with E-state index >= 15 is 0 Å². The molecule has 0 bridgehead atoms. The SMILES string of the molecule is CC1(C)C[C@@H](C(=O)O)n2c1c(Cl)nc(NCCc1ccccc1)c2=O. The average Bonchev–Trinajstić information content (AvgIpc) is 2.85. The molecule has 0 aliphatic carbocycles. The molecule has 6 nitrogen and oxygen atoms in total. The first kappa shape index (κ1) is 17.5. The van der Waals surface area contributed by atoms with Gasteiger partial charge >= 0.3 is 5.97 Å². The molecule has 25 heavy (non-hydrogen) atoms. The van der Waals surface area contributed by atoms with Crippen LogP contribution in [-0.4, -0.2) is 27.2 Å². The molecule has 7 heteroatoms. The van der Waals surface area contributed by atoms with E-state index in [1.807, 2.05) is 44.2 Å². The van der Waals surface area contributed by atoms with Gasteiger partial charge in [0.2, 0.25) is 0 Å². The molecule has 0 saturated carbocycles. The second-order valence-electron chi connectivity index (χ2n) is 6.88. The lowest BCUT2D eigenvalue weighted by Gasteiger charge is -2.19. The Hall–Kier alpha value is -2.34. The van der Waals surface area contributed by atoms with E-state index in [4.69, 9.17) is 11.6 Å². The van der Waals surface area contributed by atoms with Gasteiger partial charge in [0.15, 0.2) is 11.0 Å². The van der Waals surface area contributed by atoms with Gasteiger partial charge in [-0.3, -0.25) is 9.36 Å². The topological polar surface area (TPSA) is 84.2 Å². The fourth-order valence-electron chi connectivity index (χ4n) is 3.37. The van der Waals surface area contributed by atoms with Crippen LogP contribution >= 0.6 is 11.6 Å². The van der Waals surface area contributed by atoms with Gasteiger partial charge in [0.1, 0.15) is 6.04 Å². The quantitative estimate of drug-likeness (QED) is 0.855. The van der Waals surface area contributed by atoms with E-state index in [0.717, 1.165) is 12.0 Å². The predicted octanol–water partition coefficient (Wildman–Crippen LogP) is 2.86. The third-order valence-electron chi connectivity index (χ3n) is 4.56. The number of anilines is 1. The van der Waals surface area contributed by atoms with Crippen LogP contribution in [0.3, 0.4) is 0 Å². The summed E-state index contributed by atoms with van der Waals surface area (Å²) in [5.74, 6) is -0.944. The Morgan fingerprint density at radius 1 is 1.40 bits per heavy atom. The summed E-state index contributed by atoms with van der Waals surface area (Å²) in [6.45, 7) is 4.25. The average molecular weight is 362 g/mol. The van der Waals surface area contributed by atoms with E-state index < -0.39 is 23.0 Å². The van der Waals surface area contributed by atoms with E-state index in [9.17, 15) is 14.7 Å². The van der Waals surface area contributed by atoms with Crippen LogP contribution in [-0.2, 0) is 16.6 Å². The molecule has 0 saturated heterocycles. The maximum Gasteiger partial charge on any atom is 0.326 e. The van der Waals surface area contributed by atoms with Gasteiger partial charge < -0.3 is 10.4 Å². The third kappa shape index (κ3) is 3.26. The van der Waals surface area contributed by atoms with Crippen LogP contribution in [0.2, 0.25) is 5.15 Å². The summed E-state index contributed by atoms with van der Waals surface area (Å²) in [6, 6.07) is 8.93. The molecule has 3 rings (SSSR count). The molecule has 2 heterocycles. The van der Waals surface area contributed by atoms with Crippen LogP contribution in [0.1, 0.15) is 37.6 Å². The van der Waals surface area contributed by atoms with Crippen molar-refractivity contribution in [2.24, 2.45) is 0 Å². The molecule has 1 aliphatic heterocycles. The third-order valence-corrected chi connectivity index (χ3v) is 4.82. The molecule has 132 valence electrons. The molecule has 0 fully saturated rings. The number of nitrogens with one attached hydrogen (secondary N) is 1. The Balaban J connectivity index is 1.90. The lowest BCUT2D eigenvalue weighted by Crippen LogP contribution is -2.31. The number of aliphatic carboxylic acids is 1. The minimum absolute atomic E-state index is 0.0913. The molecule has 1 aliphatic rings. The van der Waals surface area contributed by atoms with E-state index in [0.29, 0.717) is 18.7 Å². The highest BCUT2D eigenvalue weighted by atomic mass is 35.5. The molecule has 1 atom stereocenters. The molecular weight excluding hydrogens is 342 g/mol. The van der Waals surface area contributed by atoms with Crippen molar-refractivity contribution in [3.63, 3.8) is 0 Å². The number of aromatic nitrogens is 2. The fraction of sp³-hybridized carbons (Fsp3) is 0.389. The first-order chi connectivity index (χ1) is 11.8. The Labute approximate surface area is 150 Å². The summed E-state index contributed by atoms with van der Waals surface area (Å²) in [4.78, 5) is 28.5. The number of fused-ring (bicyclic) bond motifs is 1. The van der Waals surface area contributed by atoms with E-state index in [1.54, 1.807) is 0 Å². The smallest absolute Gasteiger partial charge is 0.326 e. The summed E-state index contributed by atoms with van der Waals surface area (Å²) in [5, 5.41) is 12.7. The van der Waals surface area contributed by atoms with Gasteiger partial charge in [0, 0.05) is 12.0 Å². The number of benzene rings is 1. The van der Waals surface area contributed by atoms with E-state index in [2.05, 4.69) is 10.3 Å². The molecule has 2 aromatic rings. The minimum atomic E-state index is -1.04. The van der Waals surface area contributed by atoms with Gasteiger partial charge in [0.25, 0.3) is 5.56 Å². The molecule has 0 spiro atoms. The second-order valence-corrected chi connectivity index (χ2v) is 7.24. The highest BCUT2D eigenvalue weighted by Gasteiger charge is 2.44. The zero-order valence-corrected chi connectivity index (χ0v) is 14.9. The van der Waals surface area contributed by atoms with Gasteiger partial charge in [-0.05, 0) is 18.4 Å². The Kier molecular flexibility index (Phi) is 4.56. The summed E-state index contributed by atoms with van der Waals surface area (Å²) in [6.07, 6.45) is 1.03. The van der Waals surface area contributed by atoms with Crippen LogP contribution in [0.25, 0.3) is 0 Å². The van der Waals surface area contributed by atoms with Crippen molar-refractivity contribution in [1.82, 2.24) is 9.55 Å². The van der Waals surface area contributed by atoms with Crippen molar-refractivity contribution in [1.29, 1.82) is 0 Å². The van der Waals surface area contributed by atoms with Crippen LogP contribution < -0.4 is 10.9 Å². The van der Waals surface area contributed by atoms with Gasteiger partial charge in [-0.2, -0.15) is 0 Å². The predicted molar refractivity (Wildman–Crippen MR) is 96.5 cm³/mol. The number of hydrogen-bond donors (Lipinski definition) is 2. The zero-order chi connectivity index (χ0) is 18.2. The monoisotopic (exact) mass is 361 g/mol. The first-order valence-corrected chi connectivity index (χ1v) is 8.52. The van der Waals surface area contributed by atoms with Crippen molar-refractivity contribution in [3.8, 4) is 0 Å². The molecule has 1 aromatic heterocycles. The Morgan fingerprint density at radius 3 is 2.72 bits per heavy atom. The number of nitrogens with zero attached hydrogens (tertiary/aromatic N) is 2. The number of halogens is 1. The minimum Gasteiger partial charge on any atom is -0.480 e. The van der Waals surface area contributed by atoms with Crippen LogP contribution in [0.5, 0.6) is 0 Å². The van der Waals surface area contributed by atoms with Crippen LogP contribution in [0.15, 0.2) is 35.1 Å². The number of hydrogen-bond acceptors (Lipinski definition) is 4. The van der Waals surface area contributed by atoms with Crippen molar-refractivity contribution >= 4 is 23.4 Å². The number of carboxylic acids is 1. The van der Waals surface area contributed by atoms with E-state index in [-0.39, 0.29) is 11.0 Å². The molecular formula is C18H20ClN3O3. The molecule has 0 radical (unpaired) electrons. The van der Waals surface area contributed by atoms with Gasteiger partial charge in [-0.15, -0.1) is 0 Å². The van der Waals surface area contributed by atoms with Gasteiger partial charge in [-0.25, -0.2) is 9.78 Å². The first-order valence-electron chi connectivity index (χ1n) is 8.14. The lowest BCUT2D eigenvalue weighted by atomic mass is 9.87. The number of carboxylic acid groups (broad SMARTS) is 1. The highest BCUT2D eigenvalue weighted by Crippen LogP contribution is 2.42. The maximum atomic E-state index is 12.8. The van der Waals surface area contributed by atoms with Crippen molar-refractivity contribution in [3.05, 3.63) is 57.1 Å². The normalized spacial score (nSPS) is 18.0. The van der Waals surface area contributed by atoms with Crippen molar-refractivity contribution in [2.45, 2.75) is 38.1 Å². The van der Waals surface area contributed by atoms with Crippen LogP contribution in [0, 0.1) is 0 Å². The maximum absolute atomic E-state index is 12.8. The van der Waals surface area contributed by atoms with Crippen LogP contribution in [0.4, 0.5) is 5.82 Å². The molecule has 0 amide bonds. The Morgan fingerprint density at radius 2 is 2.08 bits per heavy atom. The zero-order valence-electron chi connectivity index (χ0n) is 14.1. The molecule has 1 aromatic carbocycles. The molecule has 2 N–H and O–H groups in total. The highest BCUT2D eigenvalue weighted by molar-refractivity contribution is 6.30. The van der Waals surface area contributed by atoms with Crippen molar-refractivity contribution < 1.29 is 9.90 Å². The summed E-state index contributed by atoms with van der Waals surface area (Å²) >= 11 is 6.29. The molecule has 0 unspecified atom stereocenters. The lowest BCUT2D eigenvalue weighted by molar-refractivity contribution is -0.140. The summed E-state index contributed by atoms with van der Waals surface area (Å²) in [5.41, 5.74) is 0.659. The largest absolute Gasteiger partial charge is 0.480 e. The standard InChI is InChI=1S/C18H20ClN3O3/c1-18(2)10-12(17(24)25)22-13(18)14(19)21-15(16(22)23)20-9-8-11-6-4-3-5-7-11/h3-7,12H,8-10H2,1-2H3,(H,20,21)(H,24,25)/t12-/m0/s1. The van der Waals surface area contributed by atoms with Crippen molar-refractivity contribution in [2.75, 3.05) is 11.9 Å².